The minimum absolute atomic E-state index is 0.154. The number of nitrogens with two attached hydrogens (primary N) is 1. The normalized spacial score (nSPS) is 16.9. The highest BCUT2D eigenvalue weighted by molar-refractivity contribution is 5.93. The zero-order valence-electron chi connectivity index (χ0n) is 18.8. The van der Waals surface area contributed by atoms with Gasteiger partial charge >= 0.3 is 0 Å². The molecule has 2 aliphatic heterocycles. The first-order valence-electron chi connectivity index (χ1n) is 11.3. The Morgan fingerprint density at radius 3 is 2.50 bits per heavy atom. The van der Waals surface area contributed by atoms with Gasteiger partial charge in [0.25, 0.3) is 5.91 Å². The SMILES string of the molecule is C#Cc1cnc(N2CCN(C(=O)CN3CC(Cn4ccc5ccc(C(N)=O)nc54)C3)CC2)nc1. The first kappa shape index (κ1) is 21.9. The van der Waals surface area contributed by atoms with Gasteiger partial charge in [-0.25, -0.2) is 15.0 Å². The molecule has 174 valence electrons. The van der Waals surface area contributed by atoms with Crippen LogP contribution in [-0.4, -0.2) is 86.9 Å². The van der Waals surface area contributed by atoms with Crippen molar-refractivity contribution in [1.29, 1.82) is 0 Å². The first-order chi connectivity index (χ1) is 16.5. The second-order valence-corrected chi connectivity index (χ2v) is 8.79. The summed E-state index contributed by atoms with van der Waals surface area (Å²) in [6.07, 6.45) is 10.6. The van der Waals surface area contributed by atoms with Gasteiger partial charge in [-0.1, -0.05) is 5.92 Å². The fourth-order valence-corrected chi connectivity index (χ4v) is 4.55. The van der Waals surface area contributed by atoms with Gasteiger partial charge in [-0.15, -0.1) is 6.42 Å². The molecule has 3 aromatic rings. The summed E-state index contributed by atoms with van der Waals surface area (Å²) in [4.78, 5) is 43.4. The maximum absolute atomic E-state index is 12.8. The van der Waals surface area contributed by atoms with E-state index >= 15 is 0 Å². The van der Waals surface area contributed by atoms with E-state index in [1.165, 1.54) is 0 Å². The van der Waals surface area contributed by atoms with Crippen LogP contribution in [0.3, 0.4) is 0 Å². The topological polar surface area (TPSA) is 113 Å². The maximum atomic E-state index is 12.8. The third kappa shape index (κ3) is 4.43. The Bertz CT molecular complexity index is 1250. The maximum Gasteiger partial charge on any atom is 0.267 e. The highest BCUT2D eigenvalue weighted by Crippen LogP contribution is 2.22. The van der Waals surface area contributed by atoms with Gasteiger partial charge in [0.15, 0.2) is 0 Å². The standard InChI is InChI=1S/C24H26N8O2/c1-2-17-11-26-24(27-12-17)31-9-7-30(8-10-31)21(33)16-29-13-18(14-29)15-32-6-5-19-3-4-20(22(25)34)28-23(19)32/h1,3-6,11-12,18H,7-10,13-16H2,(H2,25,34). The smallest absolute Gasteiger partial charge is 0.267 e. The fourth-order valence-electron chi connectivity index (χ4n) is 4.55. The zero-order valence-corrected chi connectivity index (χ0v) is 18.8. The number of carbonyl (C=O) groups is 2. The van der Waals surface area contributed by atoms with Crippen LogP contribution in [-0.2, 0) is 11.3 Å². The van der Waals surface area contributed by atoms with Gasteiger partial charge in [-0.05, 0) is 18.2 Å². The largest absolute Gasteiger partial charge is 0.364 e. The molecule has 0 aliphatic carbocycles. The van der Waals surface area contributed by atoms with Crippen LogP contribution in [0, 0.1) is 18.3 Å². The third-order valence-corrected chi connectivity index (χ3v) is 6.43. The van der Waals surface area contributed by atoms with Crippen LogP contribution >= 0.6 is 0 Å². The second-order valence-electron chi connectivity index (χ2n) is 8.79. The van der Waals surface area contributed by atoms with Gasteiger partial charge in [0.05, 0.1) is 12.1 Å². The molecule has 0 bridgehead atoms. The van der Waals surface area contributed by atoms with Gasteiger partial charge in [-0.2, -0.15) is 0 Å². The van der Waals surface area contributed by atoms with E-state index in [0.717, 1.165) is 30.7 Å². The van der Waals surface area contributed by atoms with Crippen LogP contribution < -0.4 is 10.6 Å². The molecule has 3 aromatic heterocycles. The summed E-state index contributed by atoms with van der Waals surface area (Å²) in [5, 5.41) is 0.980. The minimum atomic E-state index is -0.529. The molecule has 10 nitrogen and oxygen atoms in total. The molecule has 0 atom stereocenters. The number of carbonyl (C=O) groups excluding carboxylic acids is 2. The number of likely N-dealkylation sites (tertiary alicyclic amines) is 1. The Kier molecular flexibility index (Phi) is 5.86. The number of amides is 2. The molecule has 2 aliphatic rings. The zero-order chi connectivity index (χ0) is 23.7. The summed E-state index contributed by atoms with van der Waals surface area (Å²) >= 11 is 0. The van der Waals surface area contributed by atoms with Crippen molar-refractivity contribution in [2.45, 2.75) is 6.54 Å². The molecule has 2 N–H and O–H groups in total. The van der Waals surface area contributed by atoms with Crippen molar-refractivity contribution in [3.05, 3.63) is 48.0 Å². The quantitative estimate of drug-likeness (QED) is 0.525. The number of piperazine rings is 1. The van der Waals surface area contributed by atoms with Crippen molar-refractivity contribution in [2.75, 3.05) is 50.7 Å². The number of terminal acetylenes is 1. The molecule has 0 unspecified atom stereocenters. The average Bonchev–Trinajstić information content (AvgIpc) is 3.24. The molecule has 0 aromatic carbocycles. The second kappa shape index (κ2) is 9.11. The van der Waals surface area contributed by atoms with E-state index in [-0.39, 0.29) is 11.6 Å². The van der Waals surface area contributed by atoms with E-state index < -0.39 is 5.91 Å². The van der Waals surface area contributed by atoms with Crippen molar-refractivity contribution < 1.29 is 9.59 Å². The number of rotatable bonds is 6. The number of nitrogens with zero attached hydrogens (tertiary/aromatic N) is 7. The Morgan fingerprint density at radius 1 is 1.09 bits per heavy atom. The number of fused-ring (bicyclic) bond motifs is 1. The van der Waals surface area contributed by atoms with E-state index in [2.05, 4.69) is 35.2 Å². The molecule has 5 heterocycles. The molecule has 34 heavy (non-hydrogen) atoms. The van der Waals surface area contributed by atoms with Gasteiger partial charge in [0.1, 0.15) is 11.3 Å². The number of hydrogen-bond donors (Lipinski definition) is 1. The highest BCUT2D eigenvalue weighted by Gasteiger charge is 2.31. The van der Waals surface area contributed by atoms with Crippen LogP contribution in [0.1, 0.15) is 16.1 Å². The number of hydrogen-bond acceptors (Lipinski definition) is 7. The van der Waals surface area contributed by atoms with Crippen molar-refractivity contribution in [3.8, 4) is 12.3 Å². The lowest BCUT2D eigenvalue weighted by Crippen LogP contribution is -2.55. The minimum Gasteiger partial charge on any atom is -0.364 e. The van der Waals surface area contributed by atoms with Crippen LogP contribution in [0.2, 0.25) is 0 Å². The summed E-state index contributed by atoms with van der Waals surface area (Å²) in [6, 6.07) is 5.50. The fraction of sp³-hybridized carbons (Fsp3) is 0.375. The lowest BCUT2D eigenvalue weighted by Gasteiger charge is -2.41. The van der Waals surface area contributed by atoms with Gasteiger partial charge in [-0.3, -0.25) is 14.5 Å². The molecule has 2 fully saturated rings. The molecule has 0 spiro atoms. The van der Waals surface area contributed by atoms with Crippen LogP contribution in [0.25, 0.3) is 11.0 Å². The Morgan fingerprint density at radius 2 is 1.82 bits per heavy atom. The number of anilines is 1. The Balaban J connectivity index is 1.09. The summed E-state index contributed by atoms with van der Waals surface area (Å²) in [5.41, 5.74) is 7.06. The summed E-state index contributed by atoms with van der Waals surface area (Å²) in [5.74, 6) is 3.22. The highest BCUT2D eigenvalue weighted by atomic mass is 16.2. The number of aromatic nitrogens is 4. The molecule has 10 heteroatoms. The van der Waals surface area contributed by atoms with Crippen LogP contribution in [0.4, 0.5) is 5.95 Å². The lowest BCUT2D eigenvalue weighted by molar-refractivity contribution is -0.134. The van der Waals surface area contributed by atoms with Crippen molar-refractivity contribution in [3.63, 3.8) is 0 Å². The Hall–Kier alpha value is -3.97. The van der Waals surface area contributed by atoms with Gasteiger partial charge in [0.2, 0.25) is 11.9 Å². The molecule has 5 rings (SSSR count). The van der Waals surface area contributed by atoms with E-state index in [1.807, 2.05) is 23.2 Å². The van der Waals surface area contributed by atoms with Gasteiger partial charge < -0.3 is 20.1 Å². The third-order valence-electron chi connectivity index (χ3n) is 6.43. The number of pyridine rings is 1. The first-order valence-corrected chi connectivity index (χ1v) is 11.3. The van der Waals surface area contributed by atoms with Crippen LogP contribution in [0.15, 0.2) is 36.8 Å². The monoisotopic (exact) mass is 458 g/mol. The summed E-state index contributed by atoms with van der Waals surface area (Å²) in [6.45, 7) is 5.64. The lowest BCUT2D eigenvalue weighted by atomic mass is 10.00. The Labute approximate surface area is 197 Å². The summed E-state index contributed by atoms with van der Waals surface area (Å²) < 4.78 is 2.06. The molecule has 0 saturated carbocycles. The van der Waals surface area contributed by atoms with Gasteiger partial charge in [0, 0.05) is 75.7 Å². The molecule has 2 amide bonds. The molecular formula is C24H26N8O2. The van der Waals surface area contributed by atoms with Crippen molar-refractivity contribution in [2.24, 2.45) is 11.7 Å². The van der Waals surface area contributed by atoms with Crippen molar-refractivity contribution in [1.82, 2.24) is 29.3 Å². The van der Waals surface area contributed by atoms with Crippen LogP contribution in [0.5, 0.6) is 0 Å². The van der Waals surface area contributed by atoms with E-state index in [4.69, 9.17) is 12.2 Å². The molecule has 0 radical (unpaired) electrons. The predicted molar refractivity (Wildman–Crippen MR) is 127 cm³/mol. The molecule has 2 saturated heterocycles. The molecular weight excluding hydrogens is 432 g/mol. The van der Waals surface area contributed by atoms with E-state index in [0.29, 0.717) is 50.2 Å². The van der Waals surface area contributed by atoms with Crippen molar-refractivity contribution >= 4 is 28.8 Å². The predicted octanol–water partition coefficient (Wildman–Crippen LogP) is 0.187. The van der Waals surface area contributed by atoms with E-state index in [9.17, 15) is 9.59 Å². The number of primary amides is 1. The summed E-state index contributed by atoms with van der Waals surface area (Å²) in [7, 11) is 0. The average molecular weight is 459 g/mol. The van der Waals surface area contributed by atoms with E-state index in [1.54, 1.807) is 18.5 Å².